The van der Waals surface area contributed by atoms with E-state index in [1.165, 1.54) is 18.2 Å². The van der Waals surface area contributed by atoms with Crippen molar-refractivity contribution in [3.8, 4) is 0 Å². The molecule has 0 unspecified atom stereocenters. The Labute approximate surface area is 112 Å². The molecule has 0 fully saturated rings. The highest BCUT2D eigenvalue weighted by molar-refractivity contribution is 5.29. The Morgan fingerprint density at radius 2 is 1.80 bits per heavy atom. The van der Waals surface area contributed by atoms with Gasteiger partial charge in [0, 0.05) is 6.54 Å². The van der Waals surface area contributed by atoms with Crippen molar-refractivity contribution in [2.45, 2.75) is 32.6 Å². The molecule has 2 rings (SSSR count). The SMILES string of the molecule is CCn1nnn(CCc2ccccc2C(F)(F)F)c1=O. The summed E-state index contributed by atoms with van der Waals surface area (Å²) in [6.45, 7) is 2.17. The first-order chi connectivity index (χ1) is 9.43. The molecule has 20 heavy (non-hydrogen) atoms. The van der Waals surface area contributed by atoms with Gasteiger partial charge in [0.15, 0.2) is 0 Å². The van der Waals surface area contributed by atoms with Gasteiger partial charge in [-0.05, 0) is 35.4 Å². The first-order valence-electron chi connectivity index (χ1n) is 6.09. The predicted molar refractivity (Wildman–Crippen MR) is 65.1 cm³/mol. The van der Waals surface area contributed by atoms with E-state index in [9.17, 15) is 18.0 Å². The number of aryl methyl sites for hydroxylation is 3. The van der Waals surface area contributed by atoms with Crippen molar-refractivity contribution in [1.82, 2.24) is 19.8 Å². The van der Waals surface area contributed by atoms with Crippen LogP contribution in [0.25, 0.3) is 0 Å². The van der Waals surface area contributed by atoms with Crippen molar-refractivity contribution < 1.29 is 13.2 Å². The first-order valence-corrected chi connectivity index (χ1v) is 6.09. The number of aromatic nitrogens is 4. The van der Waals surface area contributed by atoms with Gasteiger partial charge in [-0.25, -0.2) is 4.79 Å². The molecule has 0 aliphatic heterocycles. The second kappa shape index (κ2) is 5.48. The second-order valence-electron chi connectivity index (χ2n) is 4.21. The van der Waals surface area contributed by atoms with Crippen molar-refractivity contribution in [3.05, 3.63) is 45.9 Å². The highest BCUT2D eigenvalue weighted by atomic mass is 19.4. The summed E-state index contributed by atoms with van der Waals surface area (Å²) < 4.78 is 40.6. The van der Waals surface area contributed by atoms with Crippen LogP contribution >= 0.6 is 0 Å². The zero-order valence-electron chi connectivity index (χ0n) is 10.8. The lowest BCUT2D eigenvalue weighted by Crippen LogP contribution is -2.25. The van der Waals surface area contributed by atoms with Crippen molar-refractivity contribution in [3.63, 3.8) is 0 Å². The maximum atomic E-state index is 12.8. The standard InChI is InChI=1S/C12H13F3N4O/c1-2-18-11(20)19(17-16-18)8-7-9-5-3-4-6-10(9)12(13,14)15/h3-6H,2,7-8H2,1H3. The third-order valence-corrected chi connectivity index (χ3v) is 2.91. The number of alkyl halides is 3. The minimum Gasteiger partial charge on any atom is -0.244 e. The summed E-state index contributed by atoms with van der Waals surface area (Å²) in [5, 5.41) is 7.24. The van der Waals surface area contributed by atoms with Gasteiger partial charge in [-0.1, -0.05) is 18.2 Å². The average molecular weight is 286 g/mol. The number of hydrogen-bond donors (Lipinski definition) is 0. The van der Waals surface area contributed by atoms with Crippen LogP contribution in [0.2, 0.25) is 0 Å². The Morgan fingerprint density at radius 1 is 1.15 bits per heavy atom. The molecule has 108 valence electrons. The van der Waals surface area contributed by atoms with Gasteiger partial charge in [-0.3, -0.25) is 0 Å². The van der Waals surface area contributed by atoms with E-state index in [2.05, 4.69) is 10.4 Å². The summed E-state index contributed by atoms with van der Waals surface area (Å²) in [5.41, 5.74) is -0.967. The van der Waals surface area contributed by atoms with Gasteiger partial charge in [-0.15, -0.1) is 0 Å². The third kappa shape index (κ3) is 2.89. The highest BCUT2D eigenvalue weighted by Gasteiger charge is 2.32. The Kier molecular flexibility index (Phi) is 3.91. The van der Waals surface area contributed by atoms with E-state index in [0.29, 0.717) is 6.54 Å². The summed E-state index contributed by atoms with van der Waals surface area (Å²) in [6.07, 6.45) is -4.33. The zero-order valence-corrected chi connectivity index (χ0v) is 10.8. The van der Waals surface area contributed by atoms with Gasteiger partial charge in [0.25, 0.3) is 0 Å². The number of halogens is 3. The van der Waals surface area contributed by atoms with Gasteiger partial charge in [0.05, 0.1) is 12.1 Å². The maximum absolute atomic E-state index is 12.8. The lowest BCUT2D eigenvalue weighted by molar-refractivity contribution is -0.138. The van der Waals surface area contributed by atoms with E-state index in [4.69, 9.17) is 0 Å². The van der Waals surface area contributed by atoms with E-state index in [1.807, 2.05) is 0 Å². The van der Waals surface area contributed by atoms with Crippen molar-refractivity contribution >= 4 is 0 Å². The van der Waals surface area contributed by atoms with Crippen LogP contribution in [0.1, 0.15) is 18.1 Å². The van der Waals surface area contributed by atoms with E-state index in [1.54, 1.807) is 6.92 Å². The van der Waals surface area contributed by atoms with E-state index in [-0.39, 0.29) is 18.5 Å². The quantitative estimate of drug-likeness (QED) is 0.860. The Bertz CT molecular complexity index is 645. The van der Waals surface area contributed by atoms with Gasteiger partial charge in [-0.2, -0.15) is 22.5 Å². The minimum atomic E-state index is -4.40. The average Bonchev–Trinajstić information content (AvgIpc) is 2.76. The topological polar surface area (TPSA) is 52.7 Å². The molecule has 2 aromatic rings. The van der Waals surface area contributed by atoms with Gasteiger partial charge >= 0.3 is 11.9 Å². The molecular formula is C12H13F3N4O. The molecule has 5 nitrogen and oxygen atoms in total. The fraction of sp³-hybridized carbons (Fsp3) is 0.417. The molecule has 0 amide bonds. The summed E-state index contributed by atoms with van der Waals surface area (Å²) in [6, 6.07) is 5.31. The van der Waals surface area contributed by atoms with Crippen LogP contribution in [0.3, 0.4) is 0 Å². The molecule has 0 aliphatic carbocycles. The fourth-order valence-corrected chi connectivity index (χ4v) is 1.89. The smallest absolute Gasteiger partial charge is 0.244 e. The number of nitrogens with zero attached hydrogens (tertiary/aromatic N) is 4. The van der Waals surface area contributed by atoms with Crippen LogP contribution in [0.15, 0.2) is 29.1 Å². The van der Waals surface area contributed by atoms with E-state index < -0.39 is 17.4 Å². The zero-order chi connectivity index (χ0) is 14.8. The van der Waals surface area contributed by atoms with Crippen LogP contribution in [0.4, 0.5) is 13.2 Å². The van der Waals surface area contributed by atoms with E-state index >= 15 is 0 Å². The molecule has 0 saturated heterocycles. The van der Waals surface area contributed by atoms with Gasteiger partial charge < -0.3 is 0 Å². The summed E-state index contributed by atoms with van der Waals surface area (Å²) >= 11 is 0. The Hall–Kier alpha value is -2.12. The molecule has 0 spiro atoms. The molecule has 0 bridgehead atoms. The normalized spacial score (nSPS) is 11.8. The molecular weight excluding hydrogens is 273 g/mol. The molecule has 1 aromatic heterocycles. The lowest BCUT2D eigenvalue weighted by atomic mass is 10.0. The molecule has 1 heterocycles. The molecule has 1 aromatic carbocycles. The van der Waals surface area contributed by atoms with Crippen LogP contribution in [0, 0.1) is 0 Å². The van der Waals surface area contributed by atoms with Gasteiger partial charge in [0.1, 0.15) is 0 Å². The van der Waals surface area contributed by atoms with Crippen molar-refractivity contribution in [2.75, 3.05) is 0 Å². The first kappa shape index (κ1) is 14.3. The summed E-state index contributed by atoms with van der Waals surface area (Å²) in [7, 11) is 0. The number of hydrogen-bond acceptors (Lipinski definition) is 3. The Morgan fingerprint density at radius 3 is 2.40 bits per heavy atom. The van der Waals surface area contributed by atoms with Crippen LogP contribution in [0.5, 0.6) is 0 Å². The van der Waals surface area contributed by atoms with Crippen LogP contribution in [-0.2, 0) is 25.7 Å². The number of benzene rings is 1. The molecule has 0 saturated carbocycles. The van der Waals surface area contributed by atoms with Crippen molar-refractivity contribution in [1.29, 1.82) is 0 Å². The number of tetrazole rings is 1. The molecule has 0 atom stereocenters. The summed E-state index contributed by atoms with van der Waals surface area (Å²) in [4.78, 5) is 11.7. The van der Waals surface area contributed by atoms with E-state index in [0.717, 1.165) is 15.4 Å². The molecule has 0 aliphatic rings. The fourth-order valence-electron chi connectivity index (χ4n) is 1.89. The Balaban J connectivity index is 2.19. The monoisotopic (exact) mass is 286 g/mol. The molecule has 0 radical (unpaired) electrons. The highest BCUT2D eigenvalue weighted by Crippen LogP contribution is 2.32. The number of rotatable bonds is 4. The summed E-state index contributed by atoms with van der Waals surface area (Å²) in [5.74, 6) is 0. The molecule has 8 heteroatoms. The maximum Gasteiger partial charge on any atom is 0.416 e. The third-order valence-electron chi connectivity index (χ3n) is 2.91. The largest absolute Gasteiger partial charge is 0.416 e. The van der Waals surface area contributed by atoms with Gasteiger partial charge in [0.2, 0.25) is 0 Å². The molecule has 0 N–H and O–H groups in total. The van der Waals surface area contributed by atoms with Crippen LogP contribution in [-0.4, -0.2) is 19.8 Å². The van der Waals surface area contributed by atoms with Crippen molar-refractivity contribution in [2.24, 2.45) is 0 Å². The lowest BCUT2D eigenvalue weighted by Gasteiger charge is -2.11. The van der Waals surface area contributed by atoms with Crippen LogP contribution < -0.4 is 5.69 Å². The second-order valence-corrected chi connectivity index (χ2v) is 4.21. The predicted octanol–water partition coefficient (Wildman–Crippen LogP) is 1.72. The minimum absolute atomic E-state index is 0.0614.